The lowest BCUT2D eigenvalue weighted by Gasteiger charge is -2.32. The normalized spacial score (nSPS) is 21.1. The van der Waals surface area contributed by atoms with E-state index in [9.17, 15) is 0 Å². The molecule has 2 aromatic rings. The minimum atomic E-state index is 0.453. The standard InChI is InChI=1S/C15H22N4/c1-3-10-19-14-12(7-6-9-16-14)17-15(19)13-8-4-5-11-18(13)2/h6-7,9,13H,3-5,8,10-11H2,1-2H3. The van der Waals surface area contributed by atoms with Crippen molar-refractivity contribution in [2.24, 2.45) is 0 Å². The highest BCUT2D eigenvalue weighted by molar-refractivity contribution is 5.71. The molecule has 19 heavy (non-hydrogen) atoms. The number of rotatable bonds is 3. The van der Waals surface area contributed by atoms with Crippen LogP contribution in [0.15, 0.2) is 18.3 Å². The summed E-state index contributed by atoms with van der Waals surface area (Å²) in [7, 11) is 2.22. The zero-order valence-corrected chi connectivity index (χ0v) is 11.8. The first kappa shape index (κ1) is 12.6. The van der Waals surface area contributed by atoms with Crippen LogP contribution in [0.25, 0.3) is 11.2 Å². The molecule has 0 spiro atoms. The van der Waals surface area contributed by atoms with Crippen molar-refractivity contribution in [3.8, 4) is 0 Å². The molecule has 1 aliphatic heterocycles. The smallest absolute Gasteiger partial charge is 0.160 e. The minimum absolute atomic E-state index is 0.453. The van der Waals surface area contributed by atoms with Crippen molar-refractivity contribution in [2.75, 3.05) is 13.6 Å². The summed E-state index contributed by atoms with van der Waals surface area (Å²) >= 11 is 0. The monoisotopic (exact) mass is 258 g/mol. The molecule has 0 saturated carbocycles. The molecule has 0 aliphatic carbocycles. The van der Waals surface area contributed by atoms with Crippen LogP contribution in [0.5, 0.6) is 0 Å². The molecule has 102 valence electrons. The van der Waals surface area contributed by atoms with Crippen LogP contribution in [0.3, 0.4) is 0 Å². The van der Waals surface area contributed by atoms with Crippen LogP contribution < -0.4 is 0 Å². The van der Waals surface area contributed by atoms with Crippen molar-refractivity contribution in [1.82, 2.24) is 19.4 Å². The lowest BCUT2D eigenvalue weighted by atomic mass is 10.0. The van der Waals surface area contributed by atoms with Crippen LogP contribution in [0.1, 0.15) is 44.5 Å². The number of hydrogen-bond acceptors (Lipinski definition) is 3. The van der Waals surface area contributed by atoms with Crippen LogP contribution in [-0.2, 0) is 6.54 Å². The minimum Gasteiger partial charge on any atom is -0.311 e. The quantitative estimate of drug-likeness (QED) is 0.848. The molecule has 1 fully saturated rings. The van der Waals surface area contributed by atoms with Gasteiger partial charge in [-0.25, -0.2) is 9.97 Å². The van der Waals surface area contributed by atoms with E-state index < -0.39 is 0 Å². The van der Waals surface area contributed by atoms with E-state index in [-0.39, 0.29) is 0 Å². The summed E-state index contributed by atoms with van der Waals surface area (Å²) in [5, 5.41) is 0. The van der Waals surface area contributed by atoms with E-state index in [0.29, 0.717) is 6.04 Å². The molecule has 1 atom stereocenters. The molecule has 0 aromatic carbocycles. The van der Waals surface area contributed by atoms with E-state index in [4.69, 9.17) is 4.98 Å². The summed E-state index contributed by atoms with van der Waals surface area (Å²) in [4.78, 5) is 11.8. The SMILES string of the molecule is CCCn1c(C2CCCCN2C)nc2cccnc21. The Kier molecular flexibility index (Phi) is 3.51. The second-order valence-electron chi connectivity index (χ2n) is 5.46. The average molecular weight is 258 g/mol. The lowest BCUT2D eigenvalue weighted by Crippen LogP contribution is -2.31. The fourth-order valence-electron chi connectivity index (χ4n) is 3.08. The Morgan fingerprint density at radius 2 is 2.26 bits per heavy atom. The summed E-state index contributed by atoms with van der Waals surface area (Å²) in [6, 6.07) is 4.50. The number of nitrogens with zero attached hydrogens (tertiary/aromatic N) is 4. The maximum absolute atomic E-state index is 4.86. The van der Waals surface area contributed by atoms with Gasteiger partial charge in [-0.3, -0.25) is 4.90 Å². The number of fused-ring (bicyclic) bond motifs is 1. The van der Waals surface area contributed by atoms with E-state index in [1.165, 1.54) is 31.6 Å². The topological polar surface area (TPSA) is 34.0 Å². The Bertz CT molecular complexity index is 560. The summed E-state index contributed by atoms with van der Waals surface area (Å²) in [5.74, 6) is 1.21. The second kappa shape index (κ2) is 5.29. The van der Waals surface area contributed by atoms with E-state index in [1.54, 1.807) is 0 Å². The van der Waals surface area contributed by atoms with Gasteiger partial charge in [0.05, 0.1) is 6.04 Å². The molecular weight excluding hydrogens is 236 g/mol. The Balaban J connectivity index is 2.08. The van der Waals surface area contributed by atoms with Crippen molar-refractivity contribution < 1.29 is 0 Å². The summed E-state index contributed by atoms with van der Waals surface area (Å²) < 4.78 is 2.32. The molecule has 0 N–H and O–H groups in total. The van der Waals surface area contributed by atoms with Crippen molar-refractivity contribution in [3.05, 3.63) is 24.2 Å². The number of piperidine rings is 1. The van der Waals surface area contributed by atoms with Crippen molar-refractivity contribution in [1.29, 1.82) is 0 Å². The van der Waals surface area contributed by atoms with Gasteiger partial charge in [-0.05, 0) is 45.0 Å². The van der Waals surface area contributed by atoms with Gasteiger partial charge in [-0.1, -0.05) is 13.3 Å². The predicted octanol–water partition coefficient (Wildman–Crippen LogP) is 3.00. The number of aromatic nitrogens is 3. The van der Waals surface area contributed by atoms with Crippen molar-refractivity contribution >= 4 is 11.2 Å². The number of hydrogen-bond donors (Lipinski definition) is 0. The van der Waals surface area contributed by atoms with Crippen LogP contribution in [-0.4, -0.2) is 33.0 Å². The van der Waals surface area contributed by atoms with Crippen LogP contribution in [0.4, 0.5) is 0 Å². The molecule has 2 aromatic heterocycles. The summed E-state index contributed by atoms with van der Waals surface area (Å²) in [6.07, 6.45) is 6.80. The average Bonchev–Trinajstić information content (AvgIpc) is 2.79. The second-order valence-corrected chi connectivity index (χ2v) is 5.46. The van der Waals surface area contributed by atoms with E-state index in [2.05, 4.69) is 34.5 Å². The van der Waals surface area contributed by atoms with E-state index in [1.807, 2.05) is 12.3 Å². The third-order valence-corrected chi connectivity index (χ3v) is 4.05. The van der Waals surface area contributed by atoms with E-state index >= 15 is 0 Å². The van der Waals surface area contributed by atoms with Gasteiger partial charge >= 0.3 is 0 Å². The largest absolute Gasteiger partial charge is 0.311 e. The number of pyridine rings is 1. The number of aryl methyl sites for hydroxylation is 1. The molecule has 3 rings (SSSR count). The van der Waals surface area contributed by atoms with Gasteiger partial charge in [0, 0.05) is 12.7 Å². The Morgan fingerprint density at radius 1 is 1.37 bits per heavy atom. The molecule has 4 nitrogen and oxygen atoms in total. The van der Waals surface area contributed by atoms with Gasteiger partial charge in [-0.2, -0.15) is 0 Å². The lowest BCUT2D eigenvalue weighted by molar-refractivity contribution is 0.176. The zero-order valence-electron chi connectivity index (χ0n) is 11.8. The van der Waals surface area contributed by atoms with Crippen molar-refractivity contribution in [3.63, 3.8) is 0 Å². The first-order valence-electron chi connectivity index (χ1n) is 7.32. The Hall–Kier alpha value is -1.42. The summed E-state index contributed by atoms with van der Waals surface area (Å²) in [6.45, 7) is 4.39. The number of imidazole rings is 1. The molecule has 0 amide bonds. The highest BCUT2D eigenvalue weighted by Crippen LogP contribution is 2.30. The third-order valence-electron chi connectivity index (χ3n) is 4.05. The molecule has 0 bridgehead atoms. The van der Waals surface area contributed by atoms with Crippen LogP contribution in [0.2, 0.25) is 0 Å². The van der Waals surface area contributed by atoms with Crippen LogP contribution >= 0.6 is 0 Å². The molecule has 1 unspecified atom stereocenters. The van der Waals surface area contributed by atoms with Gasteiger partial charge in [0.25, 0.3) is 0 Å². The highest BCUT2D eigenvalue weighted by Gasteiger charge is 2.26. The highest BCUT2D eigenvalue weighted by atomic mass is 15.2. The number of likely N-dealkylation sites (tertiary alicyclic amines) is 1. The predicted molar refractivity (Wildman–Crippen MR) is 77.0 cm³/mol. The molecular formula is C15H22N4. The van der Waals surface area contributed by atoms with Gasteiger partial charge in [0.2, 0.25) is 0 Å². The van der Waals surface area contributed by atoms with Crippen molar-refractivity contribution in [2.45, 2.75) is 45.2 Å². The zero-order chi connectivity index (χ0) is 13.2. The maximum atomic E-state index is 4.86. The van der Waals surface area contributed by atoms with Gasteiger partial charge in [-0.15, -0.1) is 0 Å². The Morgan fingerprint density at radius 3 is 3.05 bits per heavy atom. The van der Waals surface area contributed by atoms with Gasteiger partial charge < -0.3 is 4.57 Å². The molecule has 1 saturated heterocycles. The maximum Gasteiger partial charge on any atom is 0.160 e. The third kappa shape index (κ3) is 2.25. The Labute approximate surface area is 114 Å². The molecule has 0 radical (unpaired) electrons. The fraction of sp³-hybridized carbons (Fsp3) is 0.600. The van der Waals surface area contributed by atoms with Crippen LogP contribution in [0, 0.1) is 0 Å². The first-order valence-corrected chi connectivity index (χ1v) is 7.32. The van der Waals surface area contributed by atoms with E-state index in [0.717, 1.165) is 24.1 Å². The van der Waals surface area contributed by atoms with Gasteiger partial charge in [0.15, 0.2) is 5.65 Å². The first-order chi connectivity index (χ1) is 9.31. The fourth-order valence-corrected chi connectivity index (χ4v) is 3.08. The summed E-state index contributed by atoms with van der Waals surface area (Å²) in [5.41, 5.74) is 2.07. The van der Waals surface area contributed by atoms with Gasteiger partial charge in [0.1, 0.15) is 11.3 Å². The molecule has 4 heteroatoms. The molecule has 3 heterocycles. The molecule has 1 aliphatic rings.